The molecule has 3 heterocycles. The SMILES string of the molecule is CCOC(=O)C1=C(C)N=c2s/c(=C\c3ccc(-c4ccc(C)cc4Br)o3)c(=O)n2C1c1ccc(Cl)cc1. The first kappa shape index (κ1) is 25.4. The van der Waals surface area contributed by atoms with Crippen molar-refractivity contribution >= 4 is 50.9 Å². The van der Waals surface area contributed by atoms with E-state index in [1.54, 1.807) is 48.8 Å². The fourth-order valence-electron chi connectivity index (χ4n) is 4.28. The molecule has 0 spiro atoms. The molecule has 0 saturated heterocycles. The van der Waals surface area contributed by atoms with Crippen LogP contribution in [0.5, 0.6) is 0 Å². The lowest BCUT2D eigenvalue weighted by atomic mass is 9.96. The number of aryl methyl sites for hydroxylation is 1. The van der Waals surface area contributed by atoms with E-state index in [0.717, 1.165) is 21.2 Å². The lowest BCUT2D eigenvalue weighted by molar-refractivity contribution is -0.139. The Morgan fingerprint density at radius 3 is 2.65 bits per heavy atom. The molecule has 37 heavy (non-hydrogen) atoms. The zero-order valence-electron chi connectivity index (χ0n) is 20.2. The third-order valence-electron chi connectivity index (χ3n) is 5.99. The Labute approximate surface area is 230 Å². The number of aromatic nitrogens is 1. The van der Waals surface area contributed by atoms with E-state index in [4.69, 9.17) is 20.8 Å². The van der Waals surface area contributed by atoms with Gasteiger partial charge in [-0.05, 0) is 68.3 Å². The van der Waals surface area contributed by atoms with Crippen LogP contribution in [0.1, 0.15) is 36.8 Å². The summed E-state index contributed by atoms with van der Waals surface area (Å²) in [5, 5.41) is 0.559. The molecule has 5 rings (SSSR count). The third kappa shape index (κ3) is 4.89. The molecule has 0 radical (unpaired) electrons. The van der Waals surface area contributed by atoms with Gasteiger partial charge in [0.15, 0.2) is 4.80 Å². The quantitative estimate of drug-likeness (QED) is 0.273. The highest BCUT2D eigenvalue weighted by atomic mass is 79.9. The summed E-state index contributed by atoms with van der Waals surface area (Å²) in [6.07, 6.45) is 1.71. The number of nitrogens with zero attached hydrogens (tertiary/aromatic N) is 2. The number of rotatable bonds is 5. The van der Waals surface area contributed by atoms with Crippen molar-refractivity contribution < 1.29 is 13.9 Å². The molecule has 1 aliphatic heterocycles. The van der Waals surface area contributed by atoms with Crippen LogP contribution < -0.4 is 14.9 Å². The number of carbonyl (C=O) groups excluding carboxylic acids is 1. The maximum absolute atomic E-state index is 13.7. The van der Waals surface area contributed by atoms with Gasteiger partial charge in [-0.1, -0.05) is 57.1 Å². The molecule has 0 amide bonds. The number of halogens is 2. The molecule has 9 heteroatoms. The highest BCUT2D eigenvalue weighted by Crippen LogP contribution is 2.32. The van der Waals surface area contributed by atoms with Crippen LogP contribution in [-0.4, -0.2) is 17.1 Å². The normalized spacial score (nSPS) is 15.5. The standard InChI is InChI=1S/C28H22BrClN2O4S/c1-4-35-27(34)24-16(3)31-28-32(25(24)17-6-8-18(30)9-7-17)26(33)23(37-28)14-19-10-12-22(36-19)20-11-5-15(2)13-21(20)29/h5-14,25H,4H2,1-3H3/b23-14-. The Morgan fingerprint density at radius 1 is 1.19 bits per heavy atom. The van der Waals surface area contributed by atoms with E-state index in [0.29, 0.717) is 37.1 Å². The zero-order chi connectivity index (χ0) is 26.3. The lowest BCUT2D eigenvalue weighted by Crippen LogP contribution is -2.39. The first-order valence-corrected chi connectivity index (χ1v) is 13.6. The fourth-order valence-corrected chi connectivity index (χ4v) is 6.12. The van der Waals surface area contributed by atoms with Crippen LogP contribution in [0, 0.1) is 6.92 Å². The van der Waals surface area contributed by atoms with Crippen molar-refractivity contribution in [2.45, 2.75) is 26.8 Å². The number of benzene rings is 2. The predicted octanol–water partition coefficient (Wildman–Crippen LogP) is 5.78. The monoisotopic (exact) mass is 596 g/mol. The molecule has 2 aromatic carbocycles. The summed E-state index contributed by atoms with van der Waals surface area (Å²) < 4.78 is 14.3. The minimum Gasteiger partial charge on any atom is -0.463 e. The number of esters is 1. The van der Waals surface area contributed by atoms with Crippen molar-refractivity contribution in [1.29, 1.82) is 0 Å². The van der Waals surface area contributed by atoms with Crippen LogP contribution in [0.25, 0.3) is 17.4 Å². The molecule has 1 unspecified atom stereocenters. The van der Waals surface area contributed by atoms with E-state index in [-0.39, 0.29) is 12.2 Å². The average molecular weight is 598 g/mol. The van der Waals surface area contributed by atoms with Gasteiger partial charge in [-0.2, -0.15) is 0 Å². The van der Waals surface area contributed by atoms with Crippen LogP contribution >= 0.6 is 38.9 Å². The smallest absolute Gasteiger partial charge is 0.338 e. The van der Waals surface area contributed by atoms with Gasteiger partial charge < -0.3 is 9.15 Å². The Bertz CT molecular complexity index is 1730. The Balaban J connectivity index is 1.63. The Hall–Kier alpha value is -3.20. The topological polar surface area (TPSA) is 73.8 Å². The largest absolute Gasteiger partial charge is 0.463 e. The molecular weight excluding hydrogens is 576 g/mol. The van der Waals surface area contributed by atoms with Gasteiger partial charge >= 0.3 is 5.97 Å². The number of thiazole rings is 1. The summed E-state index contributed by atoms with van der Waals surface area (Å²) in [4.78, 5) is 31.8. The molecule has 0 N–H and O–H groups in total. The van der Waals surface area contributed by atoms with E-state index in [9.17, 15) is 9.59 Å². The fraction of sp³-hybridized carbons (Fsp3) is 0.179. The van der Waals surface area contributed by atoms with Crippen molar-refractivity contribution in [3.8, 4) is 11.3 Å². The van der Waals surface area contributed by atoms with Crippen molar-refractivity contribution in [3.63, 3.8) is 0 Å². The van der Waals surface area contributed by atoms with Crippen molar-refractivity contribution in [1.82, 2.24) is 4.57 Å². The number of hydrogen-bond acceptors (Lipinski definition) is 6. The Morgan fingerprint density at radius 2 is 1.95 bits per heavy atom. The second-order valence-corrected chi connectivity index (χ2v) is 10.8. The molecular formula is C28H22BrClN2O4S. The van der Waals surface area contributed by atoms with Gasteiger partial charge in [0.05, 0.1) is 28.5 Å². The van der Waals surface area contributed by atoms with E-state index < -0.39 is 12.0 Å². The van der Waals surface area contributed by atoms with Crippen LogP contribution in [0.3, 0.4) is 0 Å². The van der Waals surface area contributed by atoms with Crippen LogP contribution in [0.2, 0.25) is 5.02 Å². The molecule has 0 fully saturated rings. The minimum atomic E-state index is -0.689. The third-order valence-corrected chi connectivity index (χ3v) is 7.88. The molecule has 1 atom stereocenters. The van der Waals surface area contributed by atoms with E-state index in [1.807, 2.05) is 37.3 Å². The van der Waals surface area contributed by atoms with E-state index >= 15 is 0 Å². The Kier molecular flexibility index (Phi) is 7.07. The van der Waals surface area contributed by atoms with Gasteiger partial charge in [0, 0.05) is 21.1 Å². The first-order chi connectivity index (χ1) is 17.8. The van der Waals surface area contributed by atoms with Crippen LogP contribution in [0.4, 0.5) is 0 Å². The number of fused-ring (bicyclic) bond motifs is 1. The van der Waals surface area contributed by atoms with Gasteiger partial charge in [0.2, 0.25) is 0 Å². The average Bonchev–Trinajstić information content (AvgIpc) is 3.43. The predicted molar refractivity (Wildman–Crippen MR) is 148 cm³/mol. The molecule has 2 aromatic heterocycles. The highest BCUT2D eigenvalue weighted by molar-refractivity contribution is 9.10. The van der Waals surface area contributed by atoms with Gasteiger partial charge in [0.1, 0.15) is 11.5 Å². The number of allylic oxidation sites excluding steroid dienone is 1. The summed E-state index contributed by atoms with van der Waals surface area (Å²) in [5.41, 5.74) is 3.36. The second kappa shape index (κ2) is 10.3. The molecule has 0 saturated carbocycles. The summed E-state index contributed by atoms with van der Waals surface area (Å²) in [6, 6.07) is 16.1. The maximum atomic E-state index is 13.7. The highest BCUT2D eigenvalue weighted by Gasteiger charge is 2.33. The number of furan rings is 1. The van der Waals surface area contributed by atoms with Crippen molar-refractivity contribution in [2.75, 3.05) is 6.61 Å². The number of ether oxygens (including phenoxy) is 1. The summed E-state index contributed by atoms with van der Waals surface area (Å²) in [6.45, 7) is 5.73. The van der Waals surface area contributed by atoms with Gasteiger partial charge in [0.25, 0.3) is 5.56 Å². The van der Waals surface area contributed by atoms with Gasteiger partial charge in [-0.25, -0.2) is 9.79 Å². The van der Waals surface area contributed by atoms with Gasteiger partial charge in [-0.3, -0.25) is 9.36 Å². The molecule has 6 nitrogen and oxygen atoms in total. The van der Waals surface area contributed by atoms with Crippen LogP contribution in [-0.2, 0) is 9.53 Å². The van der Waals surface area contributed by atoms with Crippen molar-refractivity contribution in [3.05, 3.63) is 112 Å². The lowest BCUT2D eigenvalue weighted by Gasteiger charge is -2.24. The minimum absolute atomic E-state index is 0.214. The summed E-state index contributed by atoms with van der Waals surface area (Å²) in [7, 11) is 0. The maximum Gasteiger partial charge on any atom is 0.338 e. The second-order valence-electron chi connectivity index (χ2n) is 8.54. The number of carbonyl (C=O) groups is 1. The summed E-state index contributed by atoms with van der Waals surface area (Å²) >= 11 is 10.9. The molecule has 188 valence electrons. The number of hydrogen-bond donors (Lipinski definition) is 0. The van der Waals surface area contributed by atoms with Crippen molar-refractivity contribution in [2.24, 2.45) is 4.99 Å². The zero-order valence-corrected chi connectivity index (χ0v) is 23.4. The molecule has 1 aliphatic rings. The molecule has 4 aromatic rings. The van der Waals surface area contributed by atoms with Crippen LogP contribution in [0.15, 0.2) is 84.5 Å². The summed E-state index contributed by atoms with van der Waals surface area (Å²) in [5.74, 6) is 0.722. The first-order valence-electron chi connectivity index (χ1n) is 11.6. The van der Waals surface area contributed by atoms with Gasteiger partial charge in [-0.15, -0.1) is 0 Å². The van der Waals surface area contributed by atoms with E-state index in [2.05, 4.69) is 20.9 Å². The molecule has 0 aliphatic carbocycles. The molecule has 0 bridgehead atoms. The van der Waals surface area contributed by atoms with E-state index in [1.165, 1.54) is 11.3 Å².